The highest BCUT2D eigenvalue weighted by atomic mass is 16.5. The molecule has 0 spiro atoms. The molecule has 6 unspecified atom stereocenters. The fraction of sp³-hybridized carbons (Fsp3) is 0.871. The van der Waals surface area contributed by atoms with Gasteiger partial charge >= 0.3 is 0 Å². The molecular weight excluding hydrogens is 420 g/mol. The Labute approximate surface area is 207 Å². The smallest absolute Gasteiger partial charge is 0.197 e. The second-order valence-electron chi connectivity index (χ2n) is 14.2. The molecular formula is C31H48O3. The normalized spacial score (nSPS) is 46.5. The summed E-state index contributed by atoms with van der Waals surface area (Å²) in [6.07, 6.45) is 9.95. The number of hydrogen-bond donors (Lipinski definition) is 0. The molecule has 5 aliphatic rings. The van der Waals surface area contributed by atoms with Gasteiger partial charge in [0.05, 0.1) is 0 Å². The Hall–Kier alpha value is -1.12. The van der Waals surface area contributed by atoms with E-state index >= 15 is 0 Å². The van der Waals surface area contributed by atoms with E-state index in [0.717, 1.165) is 36.7 Å². The average molecular weight is 469 g/mol. The Bertz CT molecular complexity index is 885. The van der Waals surface area contributed by atoms with Gasteiger partial charge in [-0.2, -0.15) is 0 Å². The molecule has 10 atom stereocenters. The van der Waals surface area contributed by atoms with Crippen LogP contribution in [0.4, 0.5) is 0 Å². The minimum absolute atomic E-state index is 0.0222. The summed E-state index contributed by atoms with van der Waals surface area (Å²) in [6, 6.07) is 0. The molecule has 4 fully saturated rings. The summed E-state index contributed by atoms with van der Waals surface area (Å²) in [4.78, 5) is 27.2. The summed E-state index contributed by atoms with van der Waals surface area (Å²) >= 11 is 0. The van der Waals surface area contributed by atoms with Crippen LogP contribution in [0.25, 0.3) is 0 Å². The predicted molar refractivity (Wildman–Crippen MR) is 136 cm³/mol. The van der Waals surface area contributed by atoms with E-state index < -0.39 is 0 Å². The van der Waals surface area contributed by atoms with Gasteiger partial charge in [0.1, 0.15) is 11.9 Å². The molecule has 190 valence electrons. The van der Waals surface area contributed by atoms with Gasteiger partial charge in [0.25, 0.3) is 0 Å². The van der Waals surface area contributed by atoms with Crippen LogP contribution in [0.2, 0.25) is 0 Å². The van der Waals surface area contributed by atoms with Crippen molar-refractivity contribution in [1.29, 1.82) is 0 Å². The van der Waals surface area contributed by atoms with Crippen LogP contribution in [0.15, 0.2) is 11.3 Å². The summed E-state index contributed by atoms with van der Waals surface area (Å²) in [7, 11) is 0. The van der Waals surface area contributed by atoms with Gasteiger partial charge in [0.15, 0.2) is 11.5 Å². The third kappa shape index (κ3) is 3.57. The van der Waals surface area contributed by atoms with Crippen LogP contribution in [0.5, 0.6) is 0 Å². The van der Waals surface area contributed by atoms with E-state index in [0.29, 0.717) is 53.0 Å². The van der Waals surface area contributed by atoms with E-state index in [9.17, 15) is 9.59 Å². The zero-order valence-corrected chi connectivity index (χ0v) is 22.8. The number of ether oxygens (including phenoxy) is 1. The lowest BCUT2D eigenvalue weighted by molar-refractivity contribution is -0.156. The van der Waals surface area contributed by atoms with Gasteiger partial charge in [-0.05, 0) is 97.9 Å². The van der Waals surface area contributed by atoms with Crippen molar-refractivity contribution in [2.75, 3.05) is 0 Å². The number of allylic oxidation sites excluding steroid dienone is 1. The molecule has 0 aromatic heterocycles. The Kier molecular flexibility index (Phi) is 6.13. The lowest BCUT2D eigenvalue weighted by Gasteiger charge is -2.60. The summed E-state index contributed by atoms with van der Waals surface area (Å²) < 4.78 is 6.47. The quantitative estimate of drug-likeness (QED) is 0.422. The number of ketones is 2. The van der Waals surface area contributed by atoms with Gasteiger partial charge in [-0.15, -0.1) is 0 Å². The molecule has 0 aromatic carbocycles. The highest BCUT2D eigenvalue weighted by Gasteiger charge is 2.68. The highest BCUT2D eigenvalue weighted by molar-refractivity contribution is 5.95. The van der Waals surface area contributed by atoms with Gasteiger partial charge in [0.2, 0.25) is 0 Å². The Morgan fingerprint density at radius 2 is 1.82 bits per heavy atom. The SMILES string of the molecule is CC1=C(C(=O)CC(C)CC(C)C)O[C@H]2CC3C4CCC5C[C@@H](C)CC[C@]5(C)C4CC(=O)[C@]3(C)C12. The first-order valence-corrected chi connectivity index (χ1v) is 14.4. The lowest BCUT2D eigenvalue weighted by atomic mass is 9.44. The summed E-state index contributed by atoms with van der Waals surface area (Å²) in [6.45, 7) is 15.9. The maximum absolute atomic E-state index is 14.0. The van der Waals surface area contributed by atoms with Crippen LogP contribution in [-0.4, -0.2) is 17.7 Å². The summed E-state index contributed by atoms with van der Waals surface area (Å²) in [5.41, 5.74) is 1.06. The summed E-state index contributed by atoms with van der Waals surface area (Å²) in [5.74, 6) is 5.54. The van der Waals surface area contributed by atoms with Gasteiger partial charge in [0, 0.05) is 24.2 Å². The number of hydrogen-bond acceptors (Lipinski definition) is 3. The monoisotopic (exact) mass is 468 g/mol. The number of fused-ring (bicyclic) bond motifs is 7. The van der Waals surface area contributed by atoms with Crippen LogP contribution in [-0.2, 0) is 14.3 Å². The fourth-order valence-corrected chi connectivity index (χ4v) is 10.0. The minimum Gasteiger partial charge on any atom is -0.486 e. The molecule has 4 aliphatic carbocycles. The predicted octanol–water partition coefficient (Wildman–Crippen LogP) is 7.38. The minimum atomic E-state index is -0.355. The van der Waals surface area contributed by atoms with Crippen molar-refractivity contribution in [3.63, 3.8) is 0 Å². The third-order valence-electron chi connectivity index (χ3n) is 11.6. The second-order valence-corrected chi connectivity index (χ2v) is 14.2. The fourth-order valence-electron chi connectivity index (χ4n) is 10.0. The molecule has 0 bridgehead atoms. The van der Waals surface area contributed by atoms with Crippen LogP contribution >= 0.6 is 0 Å². The van der Waals surface area contributed by atoms with Crippen molar-refractivity contribution in [3.05, 3.63) is 11.3 Å². The van der Waals surface area contributed by atoms with E-state index in [1.165, 1.54) is 32.1 Å². The Morgan fingerprint density at radius 3 is 2.53 bits per heavy atom. The molecule has 3 heteroatoms. The van der Waals surface area contributed by atoms with Crippen molar-refractivity contribution >= 4 is 11.6 Å². The molecule has 0 N–H and O–H groups in total. The number of rotatable bonds is 5. The van der Waals surface area contributed by atoms with E-state index in [1.807, 2.05) is 0 Å². The standard InChI is InChI=1S/C31H48O3/c1-17(2)12-19(4)14-25(32)29-20(5)28-26(34-29)15-24-22-9-8-21-13-18(3)10-11-30(21,6)23(22)16-27(33)31(24,28)7/h17-19,21-24,26,28H,8-16H2,1-7H3/t18-,19?,21?,22?,23?,24?,26-,28?,30-,31+/m0/s1. The first-order valence-electron chi connectivity index (χ1n) is 14.4. The topological polar surface area (TPSA) is 43.4 Å². The molecule has 0 saturated heterocycles. The third-order valence-corrected chi connectivity index (χ3v) is 11.6. The molecule has 0 radical (unpaired) electrons. The Morgan fingerprint density at radius 1 is 1.09 bits per heavy atom. The van der Waals surface area contributed by atoms with Crippen molar-refractivity contribution in [2.45, 2.75) is 112 Å². The number of carbonyl (C=O) groups is 2. The maximum Gasteiger partial charge on any atom is 0.197 e. The van der Waals surface area contributed by atoms with E-state index in [2.05, 4.69) is 48.5 Å². The van der Waals surface area contributed by atoms with E-state index in [-0.39, 0.29) is 23.2 Å². The molecule has 0 aromatic rings. The molecule has 1 heterocycles. The van der Waals surface area contributed by atoms with Crippen LogP contribution in [0.3, 0.4) is 0 Å². The lowest BCUT2D eigenvalue weighted by Crippen LogP contribution is -2.56. The zero-order chi connectivity index (χ0) is 24.6. The average Bonchev–Trinajstić information content (AvgIpc) is 3.24. The maximum atomic E-state index is 14.0. The molecule has 0 amide bonds. The van der Waals surface area contributed by atoms with E-state index in [4.69, 9.17) is 4.74 Å². The van der Waals surface area contributed by atoms with Crippen molar-refractivity contribution < 1.29 is 14.3 Å². The van der Waals surface area contributed by atoms with E-state index in [1.54, 1.807) is 0 Å². The van der Waals surface area contributed by atoms with Gasteiger partial charge in [-0.1, -0.05) is 48.0 Å². The first-order chi connectivity index (χ1) is 16.0. The van der Waals surface area contributed by atoms with Crippen molar-refractivity contribution in [1.82, 2.24) is 0 Å². The highest BCUT2D eigenvalue weighted by Crippen LogP contribution is 2.68. The van der Waals surface area contributed by atoms with Crippen LogP contribution in [0, 0.1) is 58.2 Å². The Balaban J connectivity index is 1.39. The van der Waals surface area contributed by atoms with Crippen LogP contribution < -0.4 is 0 Å². The largest absolute Gasteiger partial charge is 0.486 e. The van der Waals surface area contributed by atoms with Gasteiger partial charge < -0.3 is 4.74 Å². The molecule has 3 nitrogen and oxygen atoms in total. The molecule has 1 aliphatic heterocycles. The molecule has 34 heavy (non-hydrogen) atoms. The second kappa shape index (κ2) is 8.48. The first kappa shape index (κ1) is 24.6. The van der Waals surface area contributed by atoms with Gasteiger partial charge in [-0.25, -0.2) is 0 Å². The van der Waals surface area contributed by atoms with Gasteiger partial charge in [-0.3, -0.25) is 9.59 Å². The summed E-state index contributed by atoms with van der Waals surface area (Å²) in [5, 5.41) is 0. The van der Waals surface area contributed by atoms with Crippen molar-refractivity contribution in [2.24, 2.45) is 58.2 Å². The molecule has 4 saturated carbocycles. The van der Waals surface area contributed by atoms with Crippen LogP contribution in [0.1, 0.15) is 106 Å². The molecule has 5 rings (SSSR count). The number of carbonyl (C=O) groups excluding carboxylic acids is 2. The van der Waals surface area contributed by atoms with Crippen molar-refractivity contribution in [3.8, 4) is 0 Å². The number of Topliss-reactive ketones (excluding diaryl/α,β-unsaturated/α-hetero) is 2. The zero-order valence-electron chi connectivity index (χ0n) is 22.8.